The van der Waals surface area contributed by atoms with Gasteiger partial charge in [-0.25, -0.2) is 9.18 Å². The zero-order chi connectivity index (χ0) is 12.0. The van der Waals surface area contributed by atoms with Crippen LogP contribution < -0.4 is 0 Å². The van der Waals surface area contributed by atoms with Crippen LogP contribution in [0.3, 0.4) is 0 Å². The average molecular weight is 224 g/mol. The van der Waals surface area contributed by atoms with Crippen molar-refractivity contribution in [3.05, 3.63) is 35.4 Å². The molecule has 0 saturated carbocycles. The van der Waals surface area contributed by atoms with Gasteiger partial charge in [-0.3, -0.25) is 0 Å². The van der Waals surface area contributed by atoms with Gasteiger partial charge in [-0.1, -0.05) is 37.6 Å². The molecule has 0 aliphatic rings. The molecule has 0 radical (unpaired) electrons. The number of carbonyl (C=O) groups is 1. The van der Waals surface area contributed by atoms with Gasteiger partial charge in [-0.2, -0.15) is 0 Å². The lowest BCUT2D eigenvalue weighted by Crippen LogP contribution is -2.11. The van der Waals surface area contributed by atoms with E-state index >= 15 is 0 Å². The summed E-state index contributed by atoms with van der Waals surface area (Å²) in [6, 6.07) is 6.99. The highest BCUT2D eigenvalue weighted by molar-refractivity contribution is 5.76. The van der Waals surface area contributed by atoms with Crippen molar-refractivity contribution < 1.29 is 13.9 Å². The van der Waals surface area contributed by atoms with E-state index in [9.17, 15) is 9.18 Å². The van der Waals surface area contributed by atoms with Crippen LogP contribution >= 0.6 is 0 Å². The number of alkyl halides is 1. The molecule has 0 fully saturated rings. The van der Waals surface area contributed by atoms with Gasteiger partial charge in [0.1, 0.15) is 0 Å². The Balaban J connectivity index is 2.69. The molecule has 16 heavy (non-hydrogen) atoms. The Bertz CT molecular complexity index is 332. The van der Waals surface area contributed by atoms with Gasteiger partial charge >= 0.3 is 5.97 Å². The molecule has 0 heterocycles. The molecule has 0 spiro atoms. The predicted molar refractivity (Wildman–Crippen MR) is 60.9 cm³/mol. The molecule has 0 aliphatic carbocycles. The molecule has 1 atom stereocenters. The van der Waals surface area contributed by atoms with Crippen molar-refractivity contribution in [1.29, 1.82) is 0 Å². The fourth-order valence-corrected chi connectivity index (χ4v) is 1.49. The third-order valence-electron chi connectivity index (χ3n) is 2.30. The summed E-state index contributed by atoms with van der Waals surface area (Å²) >= 11 is 0. The topological polar surface area (TPSA) is 26.3 Å². The summed E-state index contributed by atoms with van der Waals surface area (Å²) in [4.78, 5) is 11.2. The van der Waals surface area contributed by atoms with E-state index in [2.05, 4.69) is 11.7 Å². The summed E-state index contributed by atoms with van der Waals surface area (Å²) in [7, 11) is 0. The lowest BCUT2D eigenvalue weighted by Gasteiger charge is -2.08. The average Bonchev–Trinajstić information content (AvgIpc) is 2.30. The molecule has 1 aromatic rings. The molecule has 0 aromatic heterocycles. The molecular weight excluding hydrogens is 207 g/mol. The highest BCUT2D eigenvalue weighted by Crippen LogP contribution is 2.19. The monoisotopic (exact) mass is 224 g/mol. The van der Waals surface area contributed by atoms with E-state index < -0.39 is 12.1 Å². The summed E-state index contributed by atoms with van der Waals surface area (Å²) in [6.07, 6.45) is 0.350. The number of benzene rings is 1. The first-order valence-electron chi connectivity index (χ1n) is 5.58. The molecule has 2 nitrogen and oxygen atoms in total. The lowest BCUT2D eigenvalue weighted by molar-refractivity contribution is -0.149. The van der Waals surface area contributed by atoms with Crippen LogP contribution in [-0.2, 0) is 16.0 Å². The fourth-order valence-electron chi connectivity index (χ4n) is 1.49. The second-order valence-corrected chi connectivity index (χ2v) is 3.61. The van der Waals surface area contributed by atoms with E-state index in [1.54, 1.807) is 19.1 Å². The minimum absolute atomic E-state index is 0.202. The van der Waals surface area contributed by atoms with Crippen molar-refractivity contribution in [2.75, 3.05) is 6.61 Å². The third-order valence-corrected chi connectivity index (χ3v) is 2.30. The molecule has 88 valence electrons. The van der Waals surface area contributed by atoms with Crippen molar-refractivity contribution >= 4 is 5.97 Å². The van der Waals surface area contributed by atoms with Gasteiger partial charge in [-0.05, 0) is 24.5 Å². The van der Waals surface area contributed by atoms with Gasteiger partial charge < -0.3 is 4.74 Å². The number of carbonyl (C=O) groups excluding carboxylic acids is 1. The molecular formula is C13H17FO2. The summed E-state index contributed by atoms with van der Waals surface area (Å²) in [5.74, 6) is -0.814. The molecule has 3 heteroatoms. The van der Waals surface area contributed by atoms with Crippen molar-refractivity contribution in [2.45, 2.75) is 32.9 Å². The Kier molecular flexibility index (Phi) is 4.96. The van der Waals surface area contributed by atoms with Crippen molar-refractivity contribution in [2.24, 2.45) is 0 Å². The molecule has 0 amide bonds. The summed E-state index contributed by atoms with van der Waals surface area (Å²) in [6.45, 7) is 3.95. The first-order chi connectivity index (χ1) is 7.69. The fraction of sp³-hybridized carbons (Fsp3) is 0.462. The number of halogens is 1. The minimum Gasteiger partial charge on any atom is -0.464 e. The Morgan fingerprint density at radius 1 is 1.31 bits per heavy atom. The lowest BCUT2D eigenvalue weighted by atomic mass is 10.1. The Labute approximate surface area is 95.4 Å². The number of rotatable bonds is 5. The number of hydrogen-bond donors (Lipinski definition) is 0. The zero-order valence-corrected chi connectivity index (χ0v) is 9.70. The number of aryl methyl sites for hydroxylation is 1. The van der Waals surface area contributed by atoms with Crippen LogP contribution in [0.15, 0.2) is 24.3 Å². The van der Waals surface area contributed by atoms with Gasteiger partial charge in [0.05, 0.1) is 6.61 Å². The van der Waals surface area contributed by atoms with Crippen LogP contribution in [-0.4, -0.2) is 12.6 Å². The van der Waals surface area contributed by atoms with Crippen molar-refractivity contribution in [3.63, 3.8) is 0 Å². The largest absolute Gasteiger partial charge is 0.464 e. The van der Waals surface area contributed by atoms with Crippen LogP contribution in [0.4, 0.5) is 4.39 Å². The number of hydrogen-bond acceptors (Lipinski definition) is 2. The van der Waals surface area contributed by atoms with Crippen LogP contribution in [0.5, 0.6) is 0 Å². The van der Waals surface area contributed by atoms with E-state index in [1.165, 1.54) is 0 Å². The Morgan fingerprint density at radius 2 is 1.94 bits per heavy atom. The smallest absolute Gasteiger partial charge is 0.345 e. The normalized spacial score (nSPS) is 12.2. The summed E-state index contributed by atoms with van der Waals surface area (Å²) in [5.41, 5.74) is 1.51. The first kappa shape index (κ1) is 12.7. The maximum absolute atomic E-state index is 13.6. The highest BCUT2D eigenvalue weighted by atomic mass is 19.1. The molecule has 0 saturated heterocycles. The van der Waals surface area contributed by atoms with E-state index in [1.807, 2.05) is 12.1 Å². The second kappa shape index (κ2) is 6.26. The van der Waals surface area contributed by atoms with Crippen molar-refractivity contribution in [3.8, 4) is 0 Å². The molecule has 1 rings (SSSR count). The van der Waals surface area contributed by atoms with Crippen LogP contribution in [0, 0.1) is 0 Å². The maximum atomic E-state index is 13.6. The van der Waals surface area contributed by atoms with Crippen LogP contribution in [0.2, 0.25) is 0 Å². The molecule has 0 N–H and O–H groups in total. The Morgan fingerprint density at radius 3 is 2.44 bits per heavy atom. The zero-order valence-electron chi connectivity index (χ0n) is 9.70. The van der Waals surface area contributed by atoms with Gasteiger partial charge in [-0.15, -0.1) is 0 Å². The van der Waals surface area contributed by atoms with Gasteiger partial charge in [0.2, 0.25) is 6.17 Å². The first-order valence-corrected chi connectivity index (χ1v) is 5.58. The van der Waals surface area contributed by atoms with Gasteiger partial charge in [0.15, 0.2) is 0 Å². The van der Waals surface area contributed by atoms with Crippen LogP contribution in [0.25, 0.3) is 0 Å². The van der Waals surface area contributed by atoms with Crippen molar-refractivity contribution in [1.82, 2.24) is 0 Å². The minimum atomic E-state index is -1.67. The second-order valence-electron chi connectivity index (χ2n) is 3.61. The van der Waals surface area contributed by atoms with E-state index in [-0.39, 0.29) is 6.61 Å². The van der Waals surface area contributed by atoms with E-state index in [0.717, 1.165) is 18.4 Å². The molecule has 1 aromatic carbocycles. The molecule has 0 aliphatic heterocycles. The summed E-state index contributed by atoms with van der Waals surface area (Å²) < 4.78 is 18.2. The predicted octanol–water partition coefficient (Wildman–Crippen LogP) is 3.21. The van der Waals surface area contributed by atoms with E-state index in [0.29, 0.717) is 5.56 Å². The van der Waals surface area contributed by atoms with Crippen LogP contribution in [0.1, 0.15) is 37.6 Å². The number of esters is 1. The van der Waals surface area contributed by atoms with Gasteiger partial charge in [0, 0.05) is 0 Å². The van der Waals surface area contributed by atoms with E-state index in [4.69, 9.17) is 0 Å². The summed E-state index contributed by atoms with van der Waals surface area (Å²) in [5, 5.41) is 0. The molecule has 1 unspecified atom stereocenters. The quantitative estimate of drug-likeness (QED) is 0.718. The SMILES string of the molecule is CCCc1ccc(C(F)C(=O)OCC)cc1. The maximum Gasteiger partial charge on any atom is 0.345 e. The highest BCUT2D eigenvalue weighted by Gasteiger charge is 2.20. The third kappa shape index (κ3) is 3.33. The standard InChI is InChI=1S/C13H17FO2/c1-3-5-10-6-8-11(9-7-10)12(14)13(15)16-4-2/h6-9,12H,3-5H2,1-2H3. The molecule has 0 bridgehead atoms. The Hall–Kier alpha value is -1.38. The number of ether oxygens (including phenoxy) is 1. The van der Waals surface area contributed by atoms with Gasteiger partial charge in [0.25, 0.3) is 0 Å².